The van der Waals surface area contributed by atoms with Crippen molar-refractivity contribution < 1.29 is 38.4 Å². The summed E-state index contributed by atoms with van der Waals surface area (Å²) >= 11 is 2.31. The number of amides is 2. The highest BCUT2D eigenvalue weighted by atomic mass is 32.2. The molecule has 0 saturated carbocycles. The maximum atomic E-state index is 13.0. The van der Waals surface area contributed by atoms with E-state index < -0.39 is 36.1 Å². The van der Waals surface area contributed by atoms with Crippen LogP contribution in [0.3, 0.4) is 0 Å². The monoisotopic (exact) mass is 561 g/mol. The normalized spacial score (nSPS) is 19.4. The van der Waals surface area contributed by atoms with Gasteiger partial charge < -0.3 is 35.3 Å². The topological polar surface area (TPSA) is 179 Å². The van der Waals surface area contributed by atoms with Crippen molar-refractivity contribution in [3.8, 4) is 0 Å². The zero-order valence-electron chi connectivity index (χ0n) is 19.4. The van der Waals surface area contributed by atoms with Gasteiger partial charge in [-0.1, -0.05) is 5.16 Å². The van der Waals surface area contributed by atoms with Crippen LogP contribution in [-0.2, 0) is 32.4 Å². The van der Waals surface area contributed by atoms with Crippen LogP contribution in [0, 0.1) is 0 Å². The number of nitrogens with zero attached hydrogens (tertiary/aromatic N) is 5. The first-order chi connectivity index (χ1) is 18.3. The lowest BCUT2D eigenvalue weighted by Gasteiger charge is -2.50. The molecule has 5 rings (SSSR count). The maximum absolute atomic E-state index is 13.0. The van der Waals surface area contributed by atoms with Gasteiger partial charge in [-0.2, -0.15) is 4.57 Å². The average Bonchev–Trinajstić information content (AvgIpc) is 3.52. The van der Waals surface area contributed by atoms with Gasteiger partial charge in [-0.15, -0.1) is 23.1 Å². The summed E-state index contributed by atoms with van der Waals surface area (Å²) in [5, 5.41) is 28.4. The quantitative estimate of drug-likeness (QED) is 0.121. The smallest absolute Gasteiger partial charge is 0.276 e. The lowest BCUT2D eigenvalue weighted by molar-refractivity contribution is -0.688. The largest absolute Gasteiger partial charge is 0.543 e. The van der Waals surface area contributed by atoms with Gasteiger partial charge >= 0.3 is 0 Å². The van der Waals surface area contributed by atoms with E-state index in [0.29, 0.717) is 11.3 Å². The predicted molar refractivity (Wildman–Crippen MR) is 131 cm³/mol. The molecule has 0 spiro atoms. The number of carboxylic acid groups (broad SMARTS) is 1. The Morgan fingerprint density at radius 2 is 2.24 bits per heavy atom. The number of aromatic nitrogens is 3. The Morgan fingerprint density at radius 3 is 2.92 bits per heavy atom. The molecule has 198 valence electrons. The van der Waals surface area contributed by atoms with Crippen LogP contribution >= 0.6 is 23.1 Å². The van der Waals surface area contributed by atoms with Gasteiger partial charge in [0, 0.05) is 22.4 Å². The number of thioether (sulfide) groups is 1. The second kappa shape index (κ2) is 10.4. The molecular weight excluding hydrogens is 541 g/mol. The highest BCUT2D eigenvalue weighted by Gasteiger charge is 2.53. The highest BCUT2D eigenvalue weighted by Crippen LogP contribution is 2.40. The fourth-order valence-corrected chi connectivity index (χ4v) is 6.18. The van der Waals surface area contributed by atoms with Gasteiger partial charge in [0.15, 0.2) is 29.8 Å². The molecule has 0 unspecified atom stereocenters. The summed E-state index contributed by atoms with van der Waals surface area (Å²) in [7, 11) is 0. The summed E-state index contributed by atoms with van der Waals surface area (Å²) < 4.78 is 16.1. The second-order valence-electron chi connectivity index (χ2n) is 8.23. The molecule has 2 amide bonds. The number of nitrogen functional groups attached to an aromatic ring is 1. The van der Waals surface area contributed by atoms with E-state index in [1.54, 1.807) is 33.6 Å². The van der Waals surface area contributed by atoms with Crippen LogP contribution in [0.15, 0.2) is 52.5 Å². The number of aliphatic hydroxyl groups is 1. The van der Waals surface area contributed by atoms with Crippen molar-refractivity contribution >= 4 is 57.2 Å². The minimum Gasteiger partial charge on any atom is -0.543 e. The van der Waals surface area contributed by atoms with Crippen molar-refractivity contribution in [1.82, 2.24) is 19.6 Å². The molecule has 2 atom stereocenters. The van der Waals surface area contributed by atoms with Crippen molar-refractivity contribution in [3.05, 3.63) is 58.8 Å². The van der Waals surface area contributed by atoms with Crippen LogP contribution in [0.25, 0.3) is 5.52 Å². The van der Waals surface area contributed by atoms with E-state index in [2.05, 4.69) is 20.3 Å². The molecule has 5 heterocycles. The second-order valence-corrected chi connectivity index (χ2v) is 10.2. The molecular formula is C22H20FN7O6S2. The van der Waals surface area contributed by atoms with E-state index in [0.717, 1.165) is 21.8 Å². The Balaban J connectivity index is 1.35. The Hall–Kier alpha value is -4.02. The minimum atomic E-state index is -1.51. The van der Waals surface area contributed by atoms with Crippen molar-refractivity contribution in [2.45, 2.75) is 24.6 Å². The van der Waals surface area contributed by atoms with Crippen LogP contribution < -0.4 is 20.7 Å². The molecule has 4 N–H and O–H groups in total. The molecule has 1 saturated heterocycles. The van der Waals surface area contributed by atoms with Gasteiger partial charge in [0.25, 0.3) is 18.7 Å². The van der Waals surface area contributed by atoms with E-state index in [1.807, 2.05) is 6.07 Å². The number of carboxylic acids is 1. The lowest BCUT2D eigenvalue weighted by atomic mass is 10.0. The zero-order chi connectivity index (χ0) is 27.0. The van der Waals surface area contributed by atoms with Gasteiger partial charge in [-0.25, -0.2) is 9.37 Å². The van der Waals surface area contributed by atoms with Crippen LogP contribution in [0.5, 0.6) is 0 Å². The average molecular weight is 562 g/mol. The molecule has 16 heteroatoms. The number of nitrogens with two attached hydrogens (primary N) is 1. The fourth-order valence-electron chi connectivity index (χ4n) is 4.30. The summed E-state index contributed by atoms with van der Waals surface area (Å²) in [6, 6.07) is 2.55. The molecule has 0 aromatic carbocycles. The number of carbonyl (C=O) groups is 3. The number of aliphatic carboxylic acids is 1. The summed E-state index contributed by atoms with van der Waals surface area (Å²) in [5.74, 6) is -2.74. The third kappa shape index (κ3) is 4.57. The van der Waals surface area contributed by atoms with E-state index in [1.165, 1.54) is 17.1 Å². The summed E-state index contributed by atoms with van der Waals surface area (Å²) in [4.78, 5) is 47.4. The first-order valence-electron chi connectivity index (χ1n) is 11.1. The number of aliphatic hydroxyl groups excluding tert-OH is 1. The molecule has 0 radical (unpaired) electrons. The lowest BCUT2D eigenvalue weighted by Crippen LogP contribution is -2.71. The number of thiazole rings is 1. The predicted octanol–water partition coefficient (Wildman–Crippen LogP) is -1.49. The Kier molecular flexibility index (Phi) is 7.00. The molecule has 38 heavy (non-hydrogen) atoms. The Morgan fingerprint density at radius 1 is 1.42 bits per heavy atom. The number of β-lactam (4-membered cyclic amide) rings is 1. The first-order valence-corrected chi connectivity index (χ1v) is 13.0. The summed E-state index contributed by atoms with van der Waals surface area (Å²) in [5.41, 5.74) is 6.99. The SMILES string of the molecule is Nc1nc(/C(=N/OCF)C(=O)N[C@@H]2C(=O)N3C(C(=O)[O-])=C(C[n+]4ccn5c(CO)ccc5c4)CS[C@@H]23)cs1. The van der Waals surface area contributed by atoms with E-state index in [-0.39, 0.29) is 41.1 Å². The number of nitrogens with one attached hydrogen (secondary N) is 1. The Labute approximate surface area is 222 Å². The standard InChI is InChI=1S/C22H20FN7O6S2/c23-10-36-27-15(14-9-38-22(24)25-14)18(32)26-16-19(33)30-17(21(34)35)11(8-37-20(16)30)5-28-3-4-29-12(6-28)1-2-13(29)7-31/h1-4,6,9,16,20,31H,5,7-8,10H2,(H3-,24,25,26,32,34,35)/b27-15-/t16-,20+/m1/s1. The Bertz CT molecular complexity index is 1500. The number of rotatable bonds is 9. The molecule has 3 aromatic rings. The number of fused-ring (bicyclic) bond motifs is 2. The van der Waals surface area contributed by atoms with Crippen LogP contribution in [0.1, 0.15) is 11.4 Å². The summed E-state index contributed by atoms with van der Waals surface area (Å²) in [6.07, 6.45) is 5.28. The fraction of sp³-hybridized carbons (Fsp3) is 0.273. The molecule has 3 aromatic heterocycles. The molecule has 1 fully saturated rings. The van der Waals surface area contributed by atoms with E-state index >= 15 is 0 Å². The maximum Gasteiger partial charge on any atom is 0.276 e. The zero-order valence-corrected chi connectivity index (χ0v) is 21.1. The van der Waals surface area contributed by atoms with Crippen LogP contribution in [0.2, 0.25) is 0 Å². The van der Waals surface area contributed by atoms with Gasteiger partial charge in [0.2, 0.25) is 0 Å². The molecule has 0 aliphatic carbocycles. The van der Waals surface area contributed by atoms with Crippen LogP contribution in [0.4, 0.5) is 9.52 Å². The van der Waals surface area contributed by atoms with Gasteiger partial charge in [0.1, 0.15) is 22.6 Å². The number of halogens is 1. The highest BCUT2D eigenvalue weighted by molar-refractivity contribution is 8.00. The first kappa shape index (κ1) is 25.6. The third-order valence-electron chi connectivity index (χ3n) is 5.99. The number of alkyl halides is 1. The number of anilines is 1. The van der Waals surface area contributed by atoms with Gasteiger partial charge in [-0.05, 0) is 12.1 Å². The molecule has 2 aliphatic rings. The third-order valence-corrected chi connectivity index (χ3v) is 8.00. The number of carbonyl (C=O) groups excluding carboxylic acids is 3. The van der Waals surface area contributed by atoms with E-state index in [4.69, 9.17) is 5.73 Å². The minimum absolute atomic E-state index is 0.0408. The molecule has 2 aliphatic heterocycles. The number of oxime groups is 1. The number of hydrogen-bond acceptors (Lipinski definition) is 11. The molecule has 0 bridgehead atoms. The number of hydrogen-bond donors (Lipinski definition) is 3. The van der Waals surface area contributed by atoms with Crippen molar-refractivity contribution in [2.24, 2.45) is 5.16 Å². The van der Waals surface area contributed by atoms with Gasteiger partial charge in [-0.3, -0.25) is 14.5 Å². The van der Waals surface area contributed by atoms with Crippen molar-refractivity contribution in [1.29, 1.82) is 0 Å². The van der Waals surface area contributed by atoms with Crippen molar-refractivity contribution in [2.75, 3.05) is 18.3 Å². The van der Waals surface area contributed by atoms with Crippen LogP contribution in [-0.4, -0.2) is 66.9 Å². The van der Waals surface area contributed by atoms with E-state index in [9.17, 15) is 29.0 Å². The van der Waals surface area contributed by atoms with Crippen molar-refractivity contribution in [3.63, 3.8) is 0 Å². The molecule has 13 nitrogen and oxygen atoms in total. The summed E-state index contributed by atoms with van der Waals surface area (Å²) in [6.45, 7) is -1.23. The van der Waals surface area contributed by atoms with Gasteiger partial charge in [0.05, 0.1) is 24.5 Å².